The fraction of sp³-hybridized carbons (Fsp3) is 0.714. The minimum absolute atomic E-state index is 0.640. The highest BCUT2D eigenvalue weighted by Gasteiger charge is 2.24. The van der Waals surface area contributed by atoms with Crippen LogP contribution in [-0.2, 0) is 6.54 Å². The molecule has 2 rings (SSSR count). The molecule has 0 bridgehead atoms. The molecule has 1 aliphatic rings. The van der Waals surface area contributed by atoms with Crippen LogP contribution in [0.25, 0.3) is 0 Å². The smallest absolute Gasteiger partial charge is 0.131 e. The number of hydrogen-bond donors (Lipinski definition) is 1. The molecule has 0 aromatic carbocycles. The van der Waals surface area contributed by atoms with Gasteiger partial charge < -0.3 is 9.73 Å². The molecule has 2 heterocycles. The monoisotopic (exact) mass is 314 g/mol. The average molecular weight is 315 g/mol. The molecule has 0 aliphatic carbocycles. The highest BCUT2D eigenvalue weighted by atomic mass is 79.9. The van der Waals surface area contributed by atoms with Crippen LogP contribution in [0.1, 0.15) is 32.4 Å². The van der Waals surface area contributed by atoms with Crippen LogP contribution in [0.2, 0.25) is 0 Å². The minimum atomic E-state index is 0.640. The van der Waals surface area contributed by atoms with Gasteiger partial charge in [-0.2, -0.15) is 0 Å². The van der Waals surface area contributed by atoms with Gasteiger partial charge in [0.25, 0.3) is 0 Å². The summed E-state index contributed by atoms with van der Waals surface area (Å²) >= 11 is 3.48. The molecule has 1 aromatic rings. The summed E-state index contributed by atoms with van der Waals surface area (Å²) in [7, 11) is 0. The number of rotatable bonds is 6. The van der Waals surface area contributed by atoms with Crippen LogP contribution < -0.4 is 5.32 Å². The molecule has 1 N–H and O–H groups in total. The van der Waals surface area contributed by atoms with Crippen molar-refractivity contribution in [1.29, 1.82) is 0 Å². The third kappa shape index (κ3) is 3.59. The van der Waals surface area contributed by atoms with E-state index in [9.17, 15) is 0 Å². The Morgan fingerprint density at radius 2 is 2.11 bits per heavy atom. The first kappa shape index (κ1) is 14.1. The summed E-state index contributed by atoms with van der Waals surface area (Å²) in [5.41, 5.74) is 0. The van der Waals surface area contributed by atoms with E-state index in [1.165, 1.54) is 25.9 Å². The molecule has 1 aliphatic heterocycles. The van der Waals surface area contributed by atoms with E-state index >= 15 is 0 Å². The summed E-state index contributed by atoms with van der Waals surface area (Å²) in [4.78, 5) is 2.62. The molecule has 1 fully saturated rings. The Morgan fingerprint density at radius 1 is 1.39 bits per heavy atom. The van der Waals surface area contributed by atoms with Crippen LogP contribution in [0.4, 0.5) is 0 Å². The zero-order valence-electron chi connectivity index (χ0n) is 11.3. The third-order valence-electron chi connectivity index (χ3n) is 3.71. The molecule has 0 radical (unpaired) electrons. The molecule has 1 aromatic heterocycles. The van der Waals surface area contributed by atoms with E-state index < -0.39 is 0 Å². The van der Waals surface area contributed by atoms with Gasteiger partial charge in [0.2, 0.25) is 0 Å². The van der Waals surface area contributed by atoms with Crippen LogP contribution in [-0.4, -0.2) is 30.6 Å². The number of nitrogens with zero attached hydrogens (tertiary/aromatic N) is 1. The lowest BCUT2D eigenvalue weighted by Crippen LogP contribution is -2.44. The minimum Gasteiger partial charge on any atom is -0.467 e. The average Bonchev–Trinajstić information content (AvgIpc) is 2.96. The Labute approximate surface area is 118 Å². The van der Waals surface area contributed by atoms with Crippen molar-refractivity contribution in [3.63, 3.8) is 0 Å². The molecule has 0 saturated carbocycles. The van der Waals surface area contributed by atoms with E-state index in [0.717, 1.165) is 23.3 Å². The highest BCUT2D eigenvalue weighted by Crippen LogP contribution is 2.19. The van der Waals surface area contributed by atoms with Crippen molar-refractivity contribution in [2.24, 2.45) is 5.92 Å². The molecule has 102 valence electrons. The Balaban J connectivity index is 1.80. The van der Waals surface area contributed by atoms with E-state index in [2.05, 4.69) is 40.0 Å². The highest BCUT2D eigenvalue weighted by molar-refractivity contribution is 9.10. The lowest BCUT2D eigenvalue weighted by molar-refractivity contribution is 0.185. The summed E-state index contributed by atoms with van der Waals surface area (Å²) in [6, 6.07) is 2.58. The van der Waals surface area contributed by atoms with Gasteiger partial charge in [-0.1, -0.05) is 13.8 Å². The molecule has 1 saturated heterocycles. The van der Waals surface area contributed by atoms with E-state index in [1.54, 1.807) is 6.26 Å². The number of furan rings is 1. The van der Waals surface area contributed by atoms with Gasteiger partial charge in [-0.15, -0.1) is 0 Å². The third-order valence-corrected chi connectivity index (χ3v) is 4.42. The zero-order chi connectivity index (χ0) is 13.0. The van der Waals surface area contributed by atoms with Crippen molar-refractivity contribution in [1.82, 2.24) is 10.2 Å². The Bertz CT molecular complexity index is 358. The summed E-state index contributed by atoms with van der Waals surface area (Å²) in [6.45, 7) is 8.97. The molecule has 3 nitrogen and oxygen atoms in total. The van der Waals surface area contributed by atoms with Crippen molar-refractivity contribution in [2.45, 2.75) is 39.3 Å². The van der Waals surface area contributed by atoms with Gasteiger partial charge in [0, 0.05) is 12.6 Å². The standard InChI is InChI=1S/C14H23BrN2O/c1-11(2)13(17-6-3-4-7-17)9-16-10-14-12(15)5-8-18-14/h5,8,11,13,16H,3-4,6-7,9-10H2,1-2H3. The molecule has 0 amide bonds. The molecule has 1 atom stereocenters. The first-order valence-corrected chi connectivity index (χ1v) is 7.64. The van der Waals surface area contributed by atoms with E-state index in [4.69, 9.17) is 4.42 Å². The van der Waals surface area contributed by atoms with Gasteiger partial charge in [0.1, 0.15) is 5.76 Å². The summed E-state index contributed by atoms with van der Waals surface area (Å²) in [5, 5.41) is 3.52. The van der Waals surface area contributed by atoms with Crippen LogP contribution in [0.5, 0.6) is 0 Å². The van der Waals surface area contributed by atoms with Gasteiger partial charge in [0.15, 0.2) is 0 Å². The van der Waals surface area contributed by atoms with Crippen molar-refractivity contribution in [2.75, 3.05) is 19.6 Å². The van der Waals surface area contributed by atoms with Gasteiger partial charge in [0.05, 0.1) is 17.3 Å². The van der Waals surface area contributed by atoms with Gasteiger partial charge in [-0.3, -0.25) is 4.90 Å². The lowest BCUT2D eigenvalue weighted by Gasteiger charge is -2.31. The fourth-order valence-electron chi connectivity index (χ4n) is 2.64. The largest absolute Gasteiger partial charge is 0.467 e. The van der Waals surface area contributed by atoms with Crippen molar-refractivity contribution < 1.29 is 4.42 Å². The molecule has 4 heteroatoms. The van der Waals surface area contributed by atoms with E-state index in [-0.39, 0.29) is 0 Å². The van der Waals surface area contributed by atoms with Gasteiger partial charge >= 0.3 is 0 Å². The number of likely N-dealkylation sites (tertiary alicyclic amines) is 1. The fourth-order valence-corrected chi connectivity index (χ4v) is 2.99. The van der Waals surface area contributed by atoms with Gasteiger partial charge in [-0.05, 0) is 53.8 Å². The molecule has 18 heavy (non-hydrogen) atoms. The van der Waals surface area contributed by atoms with Crippen LogP contribution in [0.3, 0.4) is 0 Å². The second-order valence-electron chi connectivity index (χ2n) is 5.38. The van der Waals surface area contributed by atoms with Crippen molar-refractivity contribution >= 4 is 15.9 Å². The maximum absolute atomic E-state index is 5.41. The first-order chi connectivity index (χ1) is 8.68. The normalized spacial score (nSPS) is 18.7. The SMILES string of the molecule is CC(C)C(CNCc1occc1Br)N1CCCC1. The van der Waals surface area contributed by atoms with E-state index in [1.807, 2.05) is 6.07 Å². The molecule has 0 spiro atoms. The summed E-state index contributed by atoms with van der Waals surface area (Å²) in [6.07, 6.45) is 4.43. The maximum Gasteiger partial charge on any atom is 0.131 e. The van der Waals surface area contributed by atoms with Crippen LogP contribution >= 0.6 is 15.9 Å². The predicted molar refractivity (Wildman–Crippen MR) is 77.5 cm³/mol. The molecular formula is C14H23BrN2O. The number of halogens is 1. The lowest BCUT2D eigenvalue weighted by atomic mass is 10.0. The van der Waals surface area contributed by atoms with Gasteiger partial charge in [-0.25, -0.2) is 0 Å². The second kappa shape index (κ2) is 6.73. The Kier molecular flexibility index (Phi) is 5.27. The van der Waals surface area contributed by atoms with Crippen LogP contribution in [0, 0.1) is 5.92 Å². The molecule has 1 unspecified atom stereocenters. The van der Waals surface area contributed by atoms with Crippen molar-refractivity contribution in [3.8, 4) is 0 Å². The Hall–Kier alpha value is -0.320. The van der Waals surface area contributed by atoms with E-state index in [0.29, 0.717) is 12.0 Å². The van der Waals surface area contributed by atoms with Crippen molar-refractivity contribution in [3.05, 3.63) is 22.6 Å². The topological polar surface area (TPSA) is 28.4 Å². The second-order valence-corrected chi connectivity index (χ2v) is 6.23. The first-order valence-electron chi connectivity index (χ1n) is 6.85. The summed E-state index contributed by atoms with van der Waals surface area (Å²) in [5.74, 6) is 1.68. The molecular weight excluding hydrogens is 292 g/mol. The quantitative estimate of drug-likeness (QED) is 0.873. The van der Waals surface area contributed by atoms with Crippen LogP contribution in [0.15, 0.2) is 21.2 Å². The predicted octanol–water partition coefficient (Wildman–Crippen LogP) is 3.25. The Morgan fingerprint density at radius 3 is 2.67 bits per heavy atom. The number of hydrogen-bond acceptors (Lipinski definition) is 3. The zero-order valence-corrected chi connectivity index (χ0v) is 12.9. The number of nitrogens with one attached hydrogen (secondary N) is 1. The maximum atomic E-state index is 5.41. The summed E-state index contributed by atoms with van der Waals surface area (Å²) < 4.78 is 6.46.